The summed E-state index contributed by atoms with van der Waals surface area (Å²) in [6.45, 7) is 2.77. The Morgan fingerprint density at radius 1 is 1.11 bits per heavy atom. The van der Waals surface area contributed by atoms with Crippen LogP contribution in [0.15, 0.2) is 29.0 Å². The topological polar surface area (TPSA) is 67.9 Å². The van der Waals surface area contributed by atoms with Gasteiger partial charge in [-0.25, -0.2) is 4.79 Å². The van der Waals surface area contributed by atoms with Gasteiger partial charge in [-0.3, -0.25) is 9.69 Å². The van der Waals surface area contributed by atoms with Gasteiger partial charge in [0, 0.05) is 17.7 Å². The molecule has 208 valence electrons. The molecule has 1 aromatic carbocycles. The van der Waals surface area contributed by atoms with Crippen LogP contribution in [0.3, 0.4) is 0 Å². The van der Waals surface area contributed by atoms with Crippen molar-refractivity contribution in [1.29, 1.82) is 0 Å². The molecule has 1 N–H and O–H groups in total. The Balaban J connectivity index is 1.42. The molecular weight excluding hydrogens is 538 g/mol. The molecule has 1 unspecified atom stereocenters. The number of nitrogens with one attached hydrogen (secondary N) is 1. The molecule has 0 spiro atoms. The number of rotatable bonds is 9. The van der Waals surface area contributed by atoms with Crippen LogP contribution < -0.4 is 10.1 Å². The third-order valence-corrected chi connectivity index (χ3v) is 7.59. The molecule has 3 amide bonds. The number of hydrogen-bond donors (Lipinski definition) is 1. The van der Waals surface area contributed by atoms with Crippen molar-refractivity contribution in [1.82, 2.24) is 10.2 Å². The molecule has 2 aliphatic heterocycles. The third kappa shape index (κ3) is 4.53. The number of amides is 3. The molecule has 1 atom stereocenters. The first-order valence-corrected chi connectivity index (χ1v) is 12.9. The van der Waals surface area contributed by atoms with E-state index in [1.807, 2.05) is 5.38 Å². The zero-order valence-corrected chi connectivity index (χ0v) is 21.4. The zero-order chi connectivity index (χ0) is 27.9. The Kier molecular flexibility index (Phi) is 7.47. The predicted molar refractivity (Wildman–Crippen MR) is 126 cm³/mol. The van der Waals surface area contributed by atoms with E-state index in [1.54, 1.807) is 25.3 Å². The summed E-state index contributed by atoms with van der Waals surface area (Å²) in [5.74, 6) is -0.183. The number of carbonyl (C=O) groups excluding carboxylic acids is 2. The van der Waals surface area contributed by atoms with Crippen LogP contribution in [0.5, 0.6) is 5.75 Å². The molecule has 3 heterocycles. The standard InChI is InChI=1S/C25H26F6N2O4S/c1-3-6-16-17-13-37-23(24(26,27)28,25(29,30)31)18(17)7-8-19(16)36-11-5-4-10-33-20(34)22(2,32-21(33)35)15-9-12-38-14-15/h7-9,12,14H,3-6,10-11,13H2,1-2H3,(H,32,35). The average Bonchev–Trinajstić information content (AvgIpc) is 3.54. The van der Waals surface area contributed by atoms with Crippen molar-refractivity contribution < 1.29 is 45.4 Å². The SMILES string of the molecule is CCCc1c(OCCCCN2C(=O)NC(C)(c3ccsc3)C2=O)ccc2c1COC2(C(F)(F)F)C(F)(F)F. The lowest BCUT2D eigenvalue weighted by Gasteiger charge is -2.33. The lowest BCUT2D eigenvalue weighted by Crippen LogP contribution is -2.53. The molecule has 1 fully saturated rings. The van der Waals surface area contributed by atoms with E-state index < -0.39 is 41.7 Å². The Labute approximate surface area is 218 Å². The number of benzene rings is 1. The largest absolute Gasteiger partial charge is 0.493 e. The van der Waals surface area contributed by atoms with Gasteiger partial charge in [0.1, 0.15) is 11.3 Å². The molecule has 0 radical (unpaired) electrons. The summed E-state index contributed by atoms with van der Waals surface area (Å²) in [7, 11) is 0. The summed E-state index contributed by atoms with van der Waals surface area (Å²) in [4.78, 5) is 26.4. The summed E-state index contributed by atoms with van der Waals surface area (Å²) < 4.78 is 92.3. The van der Waals surface area contributed by atoms with Crippen molar-refractivity contribution in [2.45, 2.75) is 69.6 Å². The summed E-state index contributed by atoms with van der Waals surface area (Å²) in [5.41, 5.74) is -5.70. The van der Waals surface area contributed by atoms with Crippen LogP contribution in [0.4, 0.5) is 31.1 Å². The molecule has 0 aliphatic carbocycles. The van der Waals surface area contributed by atoms with Crippen LogP contribution in [-0.2, 0) is 33.7 Å². The Bertz CT molecular complexity index is 1180. The monoisotopic (exact) mass is 564 g/mol. The van der Waals surface area contributed by atoms with Gasteiger partial charge in [0.15, 0.2) is 0 Å². The van der Waals surface area contributed by atoms with Gasteiger partial charge in [0.25, 0.3) is 11.5 Å². The maximum absolute atomic E-state index is 13.7. The number of unbranched alkanes of at least 4 members (excludes halogenated alkanes) is 1. The molecule has 38 heavy (non-hydrogen) atoms. The number of nitrogens with zero attached hydrogens (tertiary/aromatic N) is 1. The van der Waals surface area contributed by atoms with Gasteiger partial charge in [0.2, 0.25) is 0 Å². The highest BCUT2D eigenvalue weighted by Gasteiger charge is 2.75. The van der Waals surface area contributed by atoms with Crippen molar-refractivity contribution in [3.05, 3.63) is 51.2 Å². The lowest BCUT2D eigenvalue weighted by atomic mass is 9.87. The molecule has 13 heteroatoms. The number of halogens is 6. The molecule has 0 bridgehead atoms. The third-order valence-electron chi connectivity index (χ3n) is 6.91. The number of imide groups is 1. The van der Waals surface area contributed by atoms with Crippen LogP contribution in [-0.4, -0.2) is 42.3 Å². The van der Waals surface area contributed by atoms with Crippen LogP contribution in [0.2, 0.25) is 0 Å². The Morgan fingerprint density at radius 2 is 1.82 bits per heavy atom. The molecule has 4 rings (SSSR count). The number of carbonyl (C=O) groups is 2. The van der Waals surface area contributed by atoms with Crippen molar-refractivity contribution >= 4 is 23.3 Å². The normalized spacial score (nSPS) is 21.1. The molecule has 1 aromatic heterocycles. The predicted octanol–water partition coefficient (Wildman–Crippen LogP) is 6.18. The first kappa shape index (κ1) is 28.2. The maximum atomic E-state index is 13.7. The van der Waals surface area contributed by atoms with E-state index >= 15 is 0 Å². The van der Waals surface area contributed by atoms with Gasteiger partial charge < -0.3 is 14.8 Å². The highest BCUT2D eigenvalue weighted by atomic mass is 32.1. The van der Waals surface area contributed by atoms with Crippen molar-refractivity contribution in [2.24, 2.45) is 0 Å². The minimum absolute atomic E-state index is 0.0888. The van der Waals surface area contributed by atoms with E-state index in [9.17, 15) is 35.9 Å². The summed E-state index contributed by atoms with van der Waals surface area (Å²) in [6.07, 6.45) is -9.94. The lowest BCUT2D eigenvalue weighted by molar-refractivity contribution is -0.385. The van der Waals surface area contributed by atoms with Gasteiger partial charge in [-0.05, 0) is 60.2 Å². The number of ether oxygens (including phenoxy) is 2. The van der Waals surface area contributed by atoms with E-state index in [2.05, 4.69) is 10.1 Å². The molecule has 1 saturated heterocycles. The van der Waals surface area contributed by atoms with E-state index in [0.29, 0.717) is 24.8 Å². The van der Waals surface area contributed by atoms with Gasteiger partial charge in [-0.15, -0.1) is 0 Å². The second kappa shape index (κ2) is 10.1. The van der Waals surface area contributed by atoms with Crippen molar-refractivity contribution in [3.8, 4) is 5.75 Å². The van der Waals surface area contributed by atoms with Crippen LogP contribution >= 0.6 is 11.3 Å². The molecule has 2 aliphatic rings. The molecule has 2 aromatic rings. The first-order chi connectivity index (χ1) is 17.8. The Morgan fingerprint density at radius 3 is 2.42 bits per heavy atom. The van der Waals surface area contributed by atoms with Crippen molar-refractivity contribution in [2.75, 3.05) is 13.2 Å². The number of alkyl halides is 6. The Hall–Kier alpha value is -2.80. The minimum Gasteiger partial charge on any atom is -0.493 e. The van der Waals surface area contributed by atoms with E-state index in [-0.39, 0.29) is 42.4 Å². The summed E-state index contributed by atoms with van der Waals surface area (Å²) in [5, 5.41) is 6.31. The fourth-order valence-corrected chi connectivity index (χ4v) is 5.68. The smallest absolute Gasteiger partial charge is 0.430 e. The van der Waals surface area contributed by atoms with Gasteiger partial charge in [0.05, 0.1) is 13.2 Å². The quantitative estimate of drug-likeness (QED) is 0.225. The molecular formula is C25H26F6N2O4S. The second-order valence-corrected chi connectivity index (χ2v) is 10.1. The molecule has 6 nitrogen and oxygen atoms in total. The average molecular weight is 565 g/mol. The van der Waals surface area contributed by atoms with E-state index in [0.717, 1.165) is 17.0 Å². The molecule has 0 saturated carbocycles. The number of urea groups is 1. The number of hydrogen-bond acceptors (Lipinski definition) is 5. The van der Waals surface area contributed by atoms with Crippen LogP contribution in [0.25, 0.3) is 0 Å². The fraction of sp³-hybridized carbons (Fsp3) is 0.520. The summed E-state index contributed by atoms with van der Waals surface area (Å²) >= 11 is 1.41. The number of thiophene rings is 1. The minimum atomic E-state index is -5.69. The van der Waals surface area contributed by atoms with Crippen LogP contribution in [0, 0.1) is 0 Å². The summed E-state index contributed by atoms with van der Waals surface area (Å²) in [6, 6.07) is 3.15. The van der Waals surface area contributed by atoms with Crippen LogP contribution in [0.1, 0.15) is 55.4 Å². The van der Waals surface area contributed by atoms with Gasteiger partial charge >= 0.3 is 18.4 Å². The van der Waals surface area contributed by atoms with E-state index in [4.69, 9.17) is 4.74 Å². The maximum Gasteiger partial charge on any atom is 0.430 e. The van der Waals surface area contributed by atoms with E-state index in [1.165, 1.54) is 11.3 Å². The zero-order valence-electron chi connectivity index (χ0n) is 20.6. The number of fused-ring (bicyclic) bond motifs is 1. The highest BCUT2D eigenvalue weighted by Crippen LogP contribution is 2.58. The van der Waals surface area contributed by atoms with Gasteiger partial charge in [-0.2, -0.15) is 37.7 Å². The highest BCUT2D eigenvalue weighted by molar-refractivity contribution is 7.08. The first-order valence-electron chi connectivity index (χ1n) is 12.0. The second-order valence-electron chi connectivity index (χ2n) is 9.36. The van der Waals surface area contributed by atoms with Crippen molar-refractivity contribution in [3.63, 3.8) is 0 Å². The fourth-order valence-electron chi connectivity index (χ4n) is 4.91. The van der Waals surface area contributed by atoms with Gasteiger partial charge in [-0.1, -0.05) is 19.4 Å².